The van der Waals surface area contributed by atoms with Gasteiger partial charge >= 0.3 is 0 Å². The zero-order valence-corrected chi connectivity index (χ0v) is 9.98. The van der Waals surface area contributed by atoms with Crippen LogP contribution in [0, 0.1) is 18.3 Å². The molecule has 17 heavy (non-hydrogen) atoms. The number of aryl methyl sites for hydroxylation is 1. The van der Waals surface area contributed by atoms with E-state index in [4.69, 9.17) is 5.26 Å². The van der Waals surface area contributed by atoms with Crippen molar-refractivity contribution in [1.82, 2.24) is 9.55 Å². The van der Waals surface area contributed by atoms with Gasteiger partial charge in [0.25, 0.3) is 0 Å². The third kappa shape index (κ3) is 1.61. The molecular formula is C14H15N3. The van der Waals surface area contributed by atoms with Crippen LogP contribution < -0.4 is 0 Å². The molecule has 3 heteroatoms. The molecular weight excluding hydrogens is 210 g/mol. The first kappa shape index (κ1) is 10.3. The molecule has 1 aromatic carbocycles. The van der Waals surface area contributed by atoms with Crippen LogP contribution in [0.3, 0.4) is 0 Å². The van der Waals surface area contributed by atoms with Gasteiger partial charge in [-0.15, -0.1) is 0 Å². The minimum absolute atomic E-state index is 0.605. The van der Waals surface area contributed by atoms with Crippen molar-refractivity contribution in [3.63, 3.8) is 0 Å². The van der Waals surface area contributed by atoms with Gasteiger partial charge in [0.05, 0.1) is 22.7 Å². The van der Waals surface area contributed by atoms with E-state index in [1.54, 1.807) is 0 Å². The Morgan fingerprint density at radius 2 is 2.12 bits per heavy atom. The Kier molecular flexibility index (Phi) is 2.36. The van der Waals surface area contributed by atoms with Crippen molar-refractivity contribution in [2.45, 2.75) is 38.6 Å². The minimum Gasteiger partial charge on any atom is -0.325 e. The normalized spacial score (nSPS) is 16.5. The molecule has 86 valence electrons. The lowest BCUT2D eigenvalue weighted by Crippen LogP contribution is -2.06. The molecule has 0 radical (unpaired) electrons. The molecule has 0 amide bonds. The Morgan fingerprint density at radius 1 is 1.35 bits per heavy atom. The summed E-state index contributed by atoms with van der Waals surface area (Å²) in [5.74, 6) is 1.07. The molecule has 0 aliphatic heterocycles. The summed E-state index contributed by atoms with van der Waals surface area (Å²) in [5.41, 5.74) is 2.82. The smallest absolute Gasteiger partial charge is 0.106 e. The Bertz CT molecular complexity index is 598. The predicted octanol–water partition coefficient (Wildman–Crippen LogP) is 3.33. The average molecular weight is 225 g/mol. The van der Waals surface area contributed by atoms with Crippen molar-refractivity contribution in [2.24, 2.45) is 0 Å². The molecule has 1 heterocycles. The van der Waals surface area contributed by atoms with Gasteiger partial charge in [-0.2, -0.15) is 5.26 Å². The van der Waals surface area contributed by atoms with Crippen LogP contribution in [-0.2, 0) is 0 Å². The SMILES string of the molecule is Cc1nc2cc(C#N)ccc2n1C1CCCC1. The van der Waals surface area contributed by atoms with Crippen molar-refractivity contribution in [3.8, 4) is 6.07 Å². The van der Waals surface area contributed by atoms with Gasteiger partial charge in [0.15, 0.2) is 0 Å². The van der Waals surface area contributed by atoms with Gasteiger partial charge in [0, 0.05) is 6.04 Å². The van der Waals surface area contributed by atoms with Crippen molar-refractivity contribution in [1.29, 1.82) is 5.26 Å². The number of aromatic nitrogens is 2. The monoisotopic (exact) mass is 225 g/mol. The van der Waals surface area contributed by atoms with E-state index in [-0.39, 0.29) is 0 Å². The first-order valence-corrected chi connectivity index (χ1v) is 6.18. The minimum atomic E-state index is 0.605. The maximum Gasteiger partial charge on any atom is 0.106 e. The van der Waals surface area contributed by atoms with Gasteiger partial charge in [-0.05, 0) is 38.0 Å². The van der Waals surface area contributed by atoms with E-state index in [0.717, 1.165) is 11.3 Å². The Hall–Kier alpha value is -1.82. The lowest BCUT2D eigenvalue weighted by atomic mass is 10.2. The Labute approximate surface area is 101 Å². The van der Waals surface area contributed by atoms with Crippen LogP contribution in [0.25, 0.3) is 11.0 Å². The number of nitrogens with zero attached hydrogens (tertiary/aromatic N) is 3. The lowest BCUT2D eigenvalue weighted by Gasteiger charge is -2.14. The van der Waals surface area contributed by atoms with Crippen molar-refractivity contribution < 1.29 is 0 Å². The summed E-state index contributed by atoms with van der Waals surface area (Å²) < 4.78 is 2.35. The highest BCUT2D eigenvalue weighted by Gasteiger charge is 2.20. The first-order chi connectivity index (χ1) is 8.29. The van der Waals surface area contributed by atoms with E-state index in [9.17, 15) is 0 Å². The van der Waals surface area contributed by atoms with Crippen LogP contribution >= 0.6 is 0 Å². The highest BCUT2D eigenvalue weighted by molar-refractivity contribution is 5.77. The van der Waals surface area contributed by atoms with Crippen LogP contribution in [0.1, 0.15) is 43.1 Å². The van der Waals surface area contributed by atoms with Gasteiger partial charge in [-0.1, -0.05) is 12.8 Å². The van der Waals surface area contributed by atoms with Gasteiger partial charge < -0.3 is 4.57 Å². The number of hydrogen-bond acceptors (Lipinski definition) is 2. The molecule has 1 aliphatic rings. The highest BCUT2D eigenvalue weighted by Crippen LogP contribution is 2.33. The number of imidazole rings is 1. The Balaban J connectivity index is 2.18. The molecule has 1 fully saturated rings. The molecule has 1 aromatic heterocycles. The molecule has 1 saturated carbocycles. The first-order valence-electron chi connectivity index (χ1n) is 6.18. The molecule has 0 atom stereocenters. The Morgan fingerprint density at radius 3 is 2.82 bits per heavy atom. The topological polar surface area (TPSA) is 41.6 Å². The lowest BCUT2D eigenvalue weighted by molar-refractivity contribution is 0.520. The highest BCUT2D eigenvalue weighted by atomic mass is 15.1. The fourth-order valence-electron chi connectivity index (χ4n) is 2.91. The van der Waals surface area contributed by atoms with E-state index < -0.39 is 0 Å². The summed E-state index contributed by atoms with van der Waals surface area (Å²) in [6.07, 6.45) is 5.15. The van der Waals surface area contributed by atoms with Crippen molar-refractivity contribution >= 4 is 11.0 Å². The van der Waals surface area contributed by atoms with E-state index in [1.807, 2.05) is 18.2 Å². The maximum absolute atomic E-state index is 8.90. The van der Waals surface area contributed by atoms with Crippen LogP contribution in [0.4, 0.5) is 0 Å². The van der Waals surface area contributed by atoms with E-state index in [1.165, 1.54) is 31.2 Å². The summed E-state index contributed by atoms with van der Waals surface area (Å²) >= 11 is 0. The second-order valence-corrected chi connectivity index (χ2v) is 4.78. The second-order valence-electron chi connectivity index (χ2n) is 4.78. The van der Waals surface area contributed by atoms with Crippen molar-refractivity contribution in [2.75, 3.05) is 0 Å². The van der Waals surface area contributed by atoms with E-state index in [0.29, 0.717) is 11.6 Å². The van der Waals surface area contributed by atoms with Crippen LogP contribution in [-0.4, -0.2) is 9.55 Å². The summed E-state index contributed by atoms with van der Waals surface area (Å²) in [6, 6.07) is 8.57. The summed E-state index contributed by atoms with van der Waals surface area (Å²) in [4.78, 5) is 4.58. The van der Waals surface area contributed by atoms with Crippen LogP contribution in [0.2, 0.25) is 0 Å². The quantitative estimate of drug-likeness (QED) is 0.747. The average Bonchev–Trinajstić information content (AvgIpc) is 2.93. The van der Waals surface area contributed by atoms with E-state index >= 15 is 0 Å². The van der Waals surface area contributed by atoms with Crippen LogP contribution in [0.5, 0.6) is 0 Å². The summed E-state index contributed by atoms with van der Waals surface area (Å²) in [6.45, 7) is 2.06. The molecule has 3 rings (SSSR count). The zero-order chi connectivity index (χ0) is 11.8. The van der Waals surface area contributed by atoms with Gasteiger partial charge in [0.1, 0.15) is 5.82 Å². The molecule has 0 spiro atoms. The standard InChI is InChI=1S/C14H15N3/c1-10-16-13-8-11(9-15)6-7-14(13)17(10)12-4-2-3-5-12/h6-8,12H,2-5H2,1H3. The van der Waals surface area contributed by atoms with Gasteiger partial charge in [0.2, 0.25) is 0 Å². The molecule has 0 saturated heterocycles. The third-order valence-electron chi connectivity index (χ3n) is 3.68. The molecule has 0 unspecified atom stereocenters. The fraction of sp³-hybridized carbons (Fsp3) is 0.429. The summed E-state index contributed by atoms with van der Waals surface area (Å²) in [7, 11) is 0. The molecule has 0 N–H and O–H groups in total. The van der Waals surface area contributed by atoms with Crippen LogP contribution in [0.15, 0.2) is 18.2 Å². The van der Waals surface area contributed by atoms with E-state index in [2.05, 4.69) is 22.5 Å². The molecule has 0 bridgehead atoms. The molecule has 2 aromatic rings. The zero-order valence-electron chi connectivity index (χ0n) is 9.98. The van der Waals surface area contributed by atoms with Gasteiger partial charge in [-0.25, -0.2) is 4.98 Å². The largest absolute Gasteiger partial charge is 0.325 e. The molecule has 3 nitrogen and oxygen atoms in total. The maximum atomic E-state index is 8.90. The predicted molar refractivity (Wildman–Crippen MR) is 66.7 cm³/mol. The number of benzene rings is 1. The van der Waals surface area contributed by atoms with Crippen molar-refractivity contribution in [3.05, 3.63) is 29.6 Å². The second kappa shape index (κ2) is 3.89. The molecule has 1 aliphatic carbocycles. The van der Waals surface area contributed by atoms with Gasteiger partial charge in [-0.3, -0.25) is 0 Å². The number of fused-ring (bicyclic) bond motifs is 1. The fourth-order valence-corrected chi connectivity index (χ4v) is 2.91. The number of nitriles is 1. The number of hydrogen-bond donors (Lipinski definition) is 0. The number of rotatable bonds is 1. The summed E-state index contributed by atoms with van der Waals surface area (Å²) in [5, 5.41) is 8.90. The third-order valence-corrected chi connectivity index (χ3v) is 3.68.